The van der Waals surface area contributed by atoms with Gasteiger partial charge in [0.25, 0.3) is 0 Å². The average molecular weight is 441 g/mol. The van der Waals surface area contributed by atoms with Gasteiger partial charge in [-0.1, -0.05) is 18.2 Å². The van der Waals surface area contributed by atoms with Crippen LogP contribution in [0.25, 0.3) is 17.1 Å². The first-order valence-electron chi connectivity index (χ1n) is 8.71. The van der Waals surface area contributed by atoms with E-state index in [0.717, 1.165) is 16.8 Å². The smallest absolute Gasteiger partial charge is 0.325 e. The minimum absolute atomic E-state index is 0.143. The molecule has 140 valence electrons. The predicted octanol–water partition coefficient (Wildman–Crippen LogP) is 4.70. The Labute approximate surface area is 167 Å². The average Bonchev–Trinajstić information content (AvgIpc) is 3.24. The first kappa shape index (κ1) is 17.1. The molecule has 0 spiro atoms. The van der Waals surface area contributed by atoms with Crippen LogP contribution in [-0.4, -0.2) is 20.7 Å². The monoisotopic (exact) mass is 440 g/mol. The number of nitrogens with zero attached hydrogens (tertiary/aromatic N) is 3. The van der Waals surface area contributed by atoms with Crippen molar-refractivity contribution in [2.75, 3.05) is 5.32 Å². The Morgan fingerprint density at radius 2 is 2.11 bits per heavy atom. The van der Waals surface area contributed by atoms with Crippen molar-refractivity contribution < 1.29 is 13.6 Å². The van der Waals surface area contributed by atoms with Gasteiger partial charge in [0.15, 0.2) is 5.58 Å². The fourth-order valence-electron chi connectivity index (χ4n) is 3.65. The molecule has 0 aliphatic carbocycles. The molecule has 2 aromatic heterocycles. The fourth-order valence-corrected chi connectivity index (χ4v) is 4.05. The summed E-state index contributed by atoms with van der Waals surface area (Å²) in [6.45, 7) is 1.88. The molecule has 0 saturated heterocycles. The fraction of sp³-hybridized carbons (Fsp3) is 0.150. The molecular weight excluding hydrogens is 427 g/mol. The molecule has 28 heavy (non-hydrogen) atoms. The third-order valence-electron chi connectivity index (χ3n) is 4.91. The van der Waals surface area contributed by atoms with E-state index in [-0.39, 0.29) is 30.1 Å². The van der Waals surface area contributed by atoms with Gasteiger partial charge in [-0.3, -0.25) is 4.79 Å². The van der Waals surface area contributed by atoms with Gasteiger partial charge in [-0.2, -0.15) is 14.8 Å². The molecule has 0 radical (unpaired) electrons. The second-order valence-electron chi connectivity index (χ2n) is 6.70. The number of benzene rings is 2. The van der Waals surface area contributed by atoms with Gasteiger partial charge in [0.2, 0.25) is 5.91 Å². The Hall–Kier alpha value is -3.00. The van der Waals surface area contributed by atoms with Crippen LogP contribution in [0.1, 0.15) is 29.2 Å². The van der Waals surface area contributed by atoms with Crippen molar-refractivity contribution in [2.45, 2.75) is 19.3 Å². The Bertz CT molecular complexity index is 1210. The summed E-state index contributed by atoms with van der Waals surface area (Å²) in [6.07, 6.45) is 0.255. The van der Waals surface area contributed by atoms with Crippen molar-refractivity contribution in [1.82, 2.24) is 14.8 Å². The second-order valence-corrected chi connectivity index (χ2v) is 7.56. The standard InChI is InChI=1S/C20H14BrFN4O2/c1-10-18-12(11-6-7-14(22)13(21)8-11)9-17(27)24-19(18)26(25-10)20-23-15-4-2-3-5-16(15)28-20/h2-8,12H,9H2,1H3,(H,24,27). The first-order valence-corrected chi connectivity index (χ1v) is 9.51. The SMILES string of the molecule is Cc1nn(-c2nc3ccccc3o2)c2c1C(c1ccc(F)c(Br)c1)CC(=O)N2. The van der Waals surface area contributed by atoms with Crippen molar-refractivity contribution in [1.29, 1.82) is 0 Å². The highest BCUT2D eigenvalue weighted by molar-refractivity contribution is 9.10. The van der Waals surface area contributed by atoms with Gasteiger partial charge in [-0.25, -0.2) is 4.39 Å². The molecule has 3 heterocycles. The topological polar surface area (TPSA) is 73.0 Å². The number of anilines is 1. The summed E-state index contributed by atoms with van der Waals surface area (Å²) in [6, 6.07) is 12.5. The van der Waals surface area contributed by atoms with E-state index in [4.69, 9.17) is 4.42 Å². The van der Waals surface area contributed by atoms with E-state index in [2.05, 4.69) is 31.3 Å². The number of oxazole rings is 1. The number of halogens is 2. The molecule has 1 atom stereocenters. The molecule has 1 amide bonds. The van der Waals surface area contributed by atoms with E-state index in [1.807, 2.05) is 31.2 Å². The van der Waals surface area contributed by atoms with Gasteiger partial charge >= 0.3 is 6.01 Å². The van der Waals surface area contributed by atoms with E-state index in [9.17, 15) is 9.18 Å². The zero-order valence-electron chi connectivity index (χ0n) is 14.7. The Morgan fingerprint density at radius 3 is 2.89 bits per heavy atom. The van der Waals surface area contributed by atoms with Crippen molar-refractivity contribution in [3.63, 3.8) is 0 Å². The maximum Gasteiger partial charge on any atom is 0.325 e. The van der Waals surface area contributed by atoms with Gasteiger partial charge in [0.1, 0.15) is 17.2 Å². The van der Waals surface area contributed by atoms with Gasteiger partial charge in [-0.05, 0) is 52.7 Å². The highest BCUT2D eigenvalue weighted by atomic mass is 79.9. The molecule has 1 unspecified atom stereocenters. The van der Waals surface area contributed by atoms with Gasteiger partial charge in [-0.15, -0.1) is 0 Å². The Kier molecular flexibility index (Phi) is 3.83. The highest BCUT2D eigenvalue weighted by Crippen LogP contribution is 2.41. The first-order chi connectivity index (χ1) is 13.5. The largest absolute Gasteiger partial charge is 0.422 e. The summed E-state index contributed by atoms with van der Waals surface area (Å²) < 4.78 is 21.4. The number of aromatic nitrogens is 3. The lowest BCUT2D eigenvalue weighted by Crippen LogP contribution is -2.25. The maximum absolute atomic E-state index is 13.7. The van der Waals surface area contributed by atoms with Crippen LogP contribution in [0.3, 0.4) is 0 Å². The van der Waals surface area contributed by atoms with Crippen molar-refractivity contribution in [3.05, 3.63) is 69.6 Å². The van der Waals surface area contributed by atoms with Gasteiger partial charge < -0.3 is 9.73 Å². The molecule has 6 nitrogen and oxygen atoms in total. The van der Waals surface area contributed by atoms with E-state index in [0.29, 0.717) is 21.4 Å². The van der Waals surface area contributed by atoms with Crippen LogP contribution in [0, 0.1) is 12.7 Å². The molecule has 1 aliphatic heterocycles. The number of hydrogen-bond donors (Lipinski definition) is 1. The summed E-state index contributed by atoms with van der Waals surface area (Å²) in [7, 11) is 0. The molecule has 0 fully saturated rings. The summed E-state index contributed by atoms with van der Waals surface area (Å²) >= 11 is 3.23. The molecule has 4 aromatic rings. The number of carbonyl (C=O) groups is 1. The molecule has 2 aromatic carbocycles. The minimum Gasteiger partial charge on any atom is -0.422 e. The molecule has 1 aliphatic rings. The quantitative estimate of drug-likeness (QED) is 0.490. The molecule has 0 saturated carbocycles. The normalized spacial score (nSPS) is 16.2. The number of para-hydroxylation sites is 2. The van der Waals surface area contributed by atoms with Crippen LogP contribution >= 0.6 is 15.9 Å². The number of fused-ring (bicyclic) bond motifs is 2. The van der Waals surface area contributed by atoms with Crippen LogP contribution in [0.15, 0.2) is 51.4 Å². The summed E-state index contributed by atoms with van der Waals surface area (Å²) in [4.78, 5) is 16.9. The van der Waals surface area contributed by atoms with Crippen LogP contribution < -0.4 is 5.32 Å². The van der Waals surface area contributed by atoms with Crippen LogP contribution in [0.4, 0.5) is 10.2 Å². The van der Waals surface area contributed by atoms with Gasteiger partial charge in [0, 0.05) is 17.9 Å². The Morgan fingerprint density at radius 1 is 1.29 bits per heavy atom. The lowest BCUT2D eigenvalue weighted by atomic mass is 9.86. The van der Waals surface area contributed by atoms with Crippen molar-refractivity contribution in [2.24, 2.45) is 0 Å². The van der Waals surface area contributed by atoms with E-state index < -0.39 is 0 Å². The van der Waals surface area contributed by atoms with E-state index in [1.54, 1.807) is 12.1 Å². The van der Waals surface area contributed by atoms with Crippen LogP contribution in [0.5, 0.6) is 0 Å². The third-order valence-corrected chi connectivity index (χ3v) is 5.52. The summed E-state index contributed by atoms with van der Waals surface area (Å²) in [5.74, 6) is -0.192. The Balaban J connectivity index is 1.68. The number of aryl methyl sites for hydroxylation is 1. The summed E-state index contributed by atoms with van der Waals surface area (Å²) in [5, 5.41) is 7.46. The molecule has 5 rings (SSSR count). The highest BCUT2D eigenvalue weighted by Gasteiger charge is 2.33. The summed E-state index contributed by atoms with van der Waals surface area (Å²) in [5.41, 5.74) is 3.81. The zero-order chi connectivity index (χ0) is 19.4. The predicted molar refractivity (Wildman–Crippen MR) is 105 cm³/mol. The maximum atomic E-state index is 13.7. The van der Waals surface area contributed by atoms with Crippen molar-refractivity contribution >= 4 is 38.8 Å². The van der Waals surface area contributed by atoms with E-state index >= 15 is 0 Å². The number of nitrogens with one attached hydrogen (secondary N) is 1. The molecule has 1 N–H and O–H groups in total. The van der Waals surface area contributed by atoms with E-state index in [1.165, 1.54) is 10.7 Å². The molecular formula is C20H14BrFN4O2. The number of hydrogen-bond acceptors (Lipinski definition) is 4. The number of amides is 1. The third kappa shape index (κ3) is 2.63. The minimum atomic E-state index is -0.344. The van der Waals surface area contributed by atoms with Crippen LogP contribution in [-0.2, 0) is 4.79 Å². The second kappa shape index (κ2) is 6.27. The van der Waals surface area contributed by atoms with Gasteiger partial charge in [0.05, 0.1) is 10.2 Å². The van der Waals surface area contributed by atoms with Crippen molar-refractivity contribution in [3.8, 4) is 6.01 Å². The lowest BCUT2D eigenvalue weighted by Gasteiger charge is -2.24. The van der Waals surface area contributed by atoms with Crippen LogP contribution in [0.2, 0.25) is 0 Å². The zero-order valence-corrected chi connectivity index (χ0v) is 16.3. The molecule has 8 heteroatoms. The number of carbonyl (C=O) groups excluding carboxylic acids is 1. The lowest BCUT2D eigenvalue weighted by molar-refractivity contribution is -0.116. The number of rotatable bonds is 2. The molecule has 0 bridgehead atoms.